The van der Waals surface area contributed by atoms with Gasteiger partial charge < -0.3 is 10.6 Å². The van der Waals surface area contributed by atoms with Crippen LogP contribution in [-0.4, -0.2) is 13.1 Å². The van der Waals surface area contributed by atoms with E-state index in [1.54, 1.807) is 12.1 Å². The zero-order valence-corrected chi connectivity index (χ0v) is 12.0. The van der Waals surface area contributed by atoms with Crippen LogP contribution in [0, 0.1) is 17.6 Å². The second kappa shape index (κ2) is 7.43. The Morgan fingerprint density at radius 2 is 1.74 bits per heavy atom. The molecule has 0 atom stereocenters. The highest BCUT2D eigenvalue weighted by Gasteiger charge is 2.18. The van der Waals surface area contributed by atoms with Gasteiger partial charge in [0.2, 0.25) is 0 Å². The maximum atomic E-state index is 14.1. The van der Waals surface area contributed by atoms with E-state index in [1.165, 1.54) is 0 Å². The first kappa shape index (κ1) is 15.9. The van der Waals surface area contributed by atoms with Crippen LogP contribution in [0.2, 0.25) is 0 Å². The molecule has 0 aliphatic rings. The first-order chi connectivity index (χ1) is 9.08. The SMILES string of the molecule is CCC(CC)CN(CC)c1ccc(CN)c(F)c1F. The molecule has 0 amide bonds. The number of rotatable bonds is 7. The molecule has 0 aromatic heterocycles. The van der Waals surface area contributed by atoms with E-state index in [2.05, 4.69) is 13.8 Å². The number of halogens is 2. The Bertz CT molecular complexity index is 403. The molecule has 108 valence electrons. The van der Waals surface area contributed by atoms with E-state index in [0.717, 1.165) is 19.4 Å². The van der Waals surface area contributed by atoms with Crippen LogP contribution in [0.25, 0.3) is 0 Å². The summed E-state index contributed by atoms with van der Waals surface area (Å²) in [6.07, 6.45) is 2.08. The van der Waals surface area contributed by atoms with E-state index in [0.29, 0.717) is 18.2 Å². The lowest BCUT2D eigenvalue weighted by atomic mass is 10.0. The van der Waals surface area contributed by atoms with Gasteiger partial charge in [-0.1, -0.05) is 32.8 Å². The number of anilines is 1. The predicted molar refractivity (Wildman–Crippen MR) is 76.2 cm³/mol. The van der Waals surface area contributed by atoms with Gasteiger partial charge in [-0.3, -0.25) is 0 Å². The van der Waals surface area contributed by atoms with Gasteiger partial charge in [0.1, 0.15) is 0 Å². The van der Waals surface area contributed by atoms with Crippen LogP contribution in [0.4, 0.5) is 14.5 Å². The summed E-state index contributed by atoms with van der Waals surface area (Å²) >= 11 is 0. The molecule has 0 aliphatic heterocycles. The zero-order chi connectivity index (χ0) is 14.4. The van der Waals surface area contributed by atoms with Crippen LogP contribution in [-0.2, 0) is 6.54 Å². The Morgan fingerprint density at radius 1 is 1.11 bits per heavy atom. The minimum atomic E-state index is -0.817. The van der Waals surface area contributed by atoms with Gasteiger partial charge in [-0.2, -0.15) is 0 Å². The van der Waals surface area contributed by atoms with Gasteiger partial charge >= 0.3 is 0 Å². The summed E-state index contributed by atoms with van der Waals surface area (Å²) in [6, 6.07) is 3.20. The highest BCUT2D eigenvalue weighted by Crippen LogP contribution is 2.25. The Morgan fingerprint density at radius 3 is 2.21 bits per heavy atom. The van der Waals surface area contributed by atoms with Crippen LogP contribution in [0.3, 0.4) is 0 Å². The Hall–Kier alpha value is -1.16. The monoisotopic (exact) mass is 270 g/mol. The van der Waals surface area contributed by atoms with Crippen LogP contribution >= 0.6 is 0 Å². The van der Waals surface area contributed by atoms with Gasteiger partial charge in [-0.05, 0) is 18.9 Å². The number of nitrogens with two attached hydrogens (primary N) is 1. The van der Waals surface area contributed by atoms with E-state index < -0.39 is 11.6 Å². The van der Waals surface area contributed by atoms with E-state index in [9.17, 15) is 8.78 Å². The lowest BCUT2D eigenvalue weighted by Crippen LogP contribution is -2.30. The number of benzene rings is 1. The average Bonchev–Trinajstić information content (AvgIpc) is 2.44. The summed E-state index contributed by atoms with van der Waals surface area (Å²) in [6.45, 7) is 7.63. The van der Waals surface area contributed by atoms with Crippen molar-refractivity contribution in [2.45, 2.75) is 40.2 Å². The quantitative estimate of drug-likeness (QED) is 0.819. The molecule has 2 nitrogen and oxygen atoms in total. The Kier molecular flexibility index (Phi) is 6.22. The molecular weight excluding hydrogens is 246 g/mol. The molecule has 4 heteroatoms. The van der Waals surface area contributed by atoms with E-state index in [4.69, 9.17) is 5.73 Å². The largest absolute Gasteiger partial charge is 0.369 e. The van der Waals surface area contributed by atoms with E-state index in [1.807, 2.05) is 11.8 Å². The minimum Gasteiger partial charge on any atom is -0.369 e. The fourth-order valence-electron chi connectivity index (χ4n) is 2.24. The molecule has 0 saturated carbocycles. The molecule has 0 saturated heterocycles. The number of nitrogens with zero attached hydrogens (tertiary/aromatic N) is 1. The topological polar surface area (TPSA) is 29.3 Å². The smallest absolute Gasteiger partial charge is 0.182 e. The van der Waals surface area contributed by atoms with Gasteiger partial charge in [0.15, 0.2) is 11.6 Å². The van der Waals surface area contributed by atoms with Crippen LogP contribution in [0.5, 0.6) is 0 Å². The lowest BCUT2D eigenvalue weighted by Gasteiger charge is -2.28. The zero-order valence-electron chi connectivity index (χ0n) is 12.0. The molecule has 0 heterocycles. The van der Waals surface area contributed by atoms with Crippen LogP contribution < -0.4 is 10.6 Å². The maximum absolute atomic E-state index is 14.1. The van der Waals surface area contributed by atoms with Crippen molar-refractivity contribution in [2.75, 3.05) is 18.0 Å². The maximum Gasteiger partial charge on any atom is 0.182 e. The summed E-state index contributed by atoms with van der Waals surface area (Å²) < 4.78 is 27.9. The third-order valence-electron chi connectivity index (χ3n) is 3.72. The van der Waals surface area contributed by atoms with E-state index >= 15 is 0 Å². The normalized spacial score (nSPS) is 11.1. The standard InChI is InChI=1S/C15H24F2N2/c1-4-11(5-2)10-19(6-3)13-8-7-12(9-18)14(16)15(13)17/h7-8,11H,4-6,9-10,18H2,1-3H3. The van der Waals surface area contributed by atoms with Crippen LogP contribution in [0.1, 0.15) is 39.2 Å². The van der Waals surface area contributed by atoms with Crippen molar-refractivity contribution in [3.05, 3.63) is 29.3 Å². The molecule has 2 N–H and O–H groups in total. The number of hydrogen-bond donors (Lipinski definition) is 1. The minimum absolute atomic E-state index is 0.0156. The molecule has 0 unspecified atom stereocenters. The second-order valence-electron chi connectivity index (χ2n) is 4.80. The third kappa shape index (κ3) is 3.66. The van der Waals surface area contributed by atoms with Crippen molar-refractivity contribution in [1.29, 1.82) is 0 Å². The average molecular weight is 270 g/mol. The highest BCUT2D eigenvalue weighted by atomic mass is 19.2. The molecule has 19 heavy (non-hydrogen) atoms. The molecule has 0 spiro atoms. The molecule has 0 bridgehead atoms. The van der Waals surface area contributed by atoms with Crippen molar-refractivity contribution in [1.82, 2.24) is 0 Å². The van der Waals surface area contributed by atoms with Gasteiger partial charge in [0.05, 0.1) is 5.69 Å². The Balaban J connectivity index is 3.02. The first-order valence-electron chi connectivity index (χ1n) is 7.00. The van der Waals surface area contributed by atoms with Crippen molar-refractivity contribution in [3.8, 4) is 0 Å². The summed E-state index contributed by atoms with van der Waals surface area (Å²) in [7, 11) is 0. The van der Waals surface area contributed by atoms with Gasteiger partial charge in [-0.15, -0.1) is 0 Å². The summed E-state index contributed by atoms with van der Waals surface area (Å²) in [5, 5.41) is 0. The predicted octanol–water partition coefficient (Wildman–Crippen LogP) is 3.69. The van der Waals surface area contributed by atoms with Crippen molar-refractivity contribution in [2.24, 2.45) is 11.7 Å². The van der Waals surface area contributed by atoms with Crippen molar-refractivity contribution in [3.63, 3.8) is 0 Å². The fraction of sp³-hybridized carbons (Fsp3) is 0.600. The Labute approximate surface area is 114 Å². The van der Waals surface area contributed by atoms with Crippen molar-refractivity contribution < 1.29 is 8.78 Å². The molecule has 1 rings (SSSR count). The van der Waals surface area contributed by atoms with Crippen LogP contribution in [0.15, 0.2) is 12.1 Å². The first-order valence-corrected chi connectivity index (χ1v) is 7.00. The molecule has 1 aromatic rings. The third-order valence-corrected chi connectivity index (χ3v) is 3.72. The van der Waals surface area contributed by atoms with Crippen molar-refractivity contribution >= 4 is 5.69 Å². The fourth-order valence-corrected chi connectivity index (χ4v) is 2.24. The molecule has 0 radical (unpaired) electrons. The summed E-state index contributed by atoms with van der Waals surface area (Å²) in [5.41, 5.74) is 5.94. The summed E-state index contributed by atoms with van der Waals surface area (Å²) in [5.74, 6) is -1.10. The highest BCUT2D eigenvalue weighted by molar-refractivity contribution is 5.50. The molecule has 1 aromatic carbocycles. The lowest BCUT2D eigenvalue weighted by molar-refractivity contribution is 0.469. The molecule has 0 aliphatic carbocycles. The van der Waals surface area contributed by atoms with E-state index in [-0.39, 0.29) is 12.1 Å². The molecular formula is C15H24F2N2. The summed E-state index contributed by atoms with van der Waals surface area (Å²) in [4.78, 5) is 1.90. The van der Waals surface area contributed by atoms with Gasteiger partial charge in [0, 0.05) is 25.2 Å². The van der Waals surface area contributed by atoms with Gasteiger partial charge in [-0.25, -0.2) is 8.78 Å². The van der Waals surface area contributed by atoms with Gasteiger partial charge in [0.25, 0.3) is 0 Å². The second-order valence-corrected chi connectivity index (χ2v) is 4.80. The molecule has 0 fully saturated rings. The number of hydrogen-bond acceptors (Lipinski definition) is 2.